The molecule has 8 heteroatoms. The van der Waals surface area contributed by atoms with Crippen LogP contribution in [0.2, 0.25) is 5.02 Å². The Kier molecular flexibility index (Phi) is 6.46. The van der Waals surface area contributed by atoms with Gasteiger partial charge in [-0.3, -0.25) is 9.59 Å². The monoisotopic (exact) mass is 386 g/mol. The van der Waals surface area contributed by atoms with E-state index in [9.17, 15) is 18.0 Å². The summed E-state index contributed by atoms with van der Waals surface area (Å²) >= 11 is 6.02. The predicted molar refractivity (Wildman–Crippen MR) is 97.3 cm³/mol. The number of hydrogen-bond acceptors (Lipinski definition) is 4. The van der Waals surface area contributed by atoms with Crippen molar-refractivity contribution in [2.24, 2.45) is 11.8 Å². The molecule has 1 fully saturated rings. The van der Waals surface area contributed by atoms with Gasteiger partial charge in [0.1, 0.15) is 6.04 Å². The Bertz CT molecular complexity index is 749. The van der Waals surface area contributed by atoms with Gasteiger partial charge in [-0.25, -0.2) is 8.42 Å². The fourth-order valence-electron chi connectivity index (χ4n) is 2.79. The summed E-state index contributed by atoms with van der Waals surface area (Å²) in [5, 5.41) is 5.79. The van der Waals surface area contributed by atoms with Crippen LogP contribution < -0.4 is 10.6 Å². The van der Waals surface area contributed by atoms with Gasteiger partial charge >= 0.3 is 0 Å². The van der Waals surface area contributed by atoms with E-state index >= 15 is 0 Å². The van der Waals surface area contributed by atoms with Gasteiger partial charge in [-0.2, -0.15) is 0 Å². The van der Waals surface area contributed by atoms with Crippen LogP contribution in [0.5, 0.6) is 0 Å². The summed E-state index contributed by atoms with van der Waals surface area (Å²) in [6.07, 6.45) is 0.556. The molecule has 1 aliphatic heterocycles. The first-order valence-corrected chi connectivity index (χ1v) is 10.4. The Morgan fingerprint density at radius 3 is 2.52 bits per heavy atom. The standard InChI is InChI=1S/C17H23ClN2O4S/c1-11(2)15(20-16(21)13-5-3-4-6-14(13)18)17(22)19-9-12-7-8-25(23,24)10-12/h3-6,11-12,15H,7-10H2,1-2H3,(H,19,22)(H,20,21). The minimum Gasteiger partial charge on any atom is -0.354 e. The first-order valence-electron chi connectivity index (χ1n) is 8.23. The van der Waals surface area contributed by atoms with E-state index in [1.807, 2.05) is 13.8 Å². The van der Waals surface area contributed by atoms with Crippen molar-refractivity contribution in [3.05, 3.63) is 34.9 Å². The van der Waals surface area contributed by atoms with Crippen molar-refractivity contribution in [1.29, 1.82) is 0 Å². The maximum Gasteiger partial charge on any atom is 0.253 e. The number of rotatable bonds is 6. The van der Waals surface area contributed by atoms with Gasteiger partial charge in [0.25, 0.3) is 5.91 Å². The molecule has 1 aromatic rings. The van der Waals surface area contributed by atoms with E-state index in [0.717, 1.165) is 0 Å². The molecule has 0 radical (unpaired) electrons. The number of nitrogens with one attached hydrogen (secondary N) is 2. The van der Waals surface area contributed by atoms with Crippen LogP contribution in [-0.2, 0) is 14.6 Å². The molecule has 1 heterocycles. The van der Waals surface area contributed by atoms with Gasteiger partial charge in [-0.15, -0.1) is 0 Å². The van der Waals surface area contributed by atoms with Crippen molar-refractivity contribution in [3.63, 3.8) is 0 Å². The molecule has 0 saturated carbocycles. The topological polar surface area (TPSA) is 92.3 Å². The van der Waals surface area contributed by atoms with E-state index in [-0.39, 0.29) is 29.2 Å². The summed E-state index contributed by atoms with van der Waals surface area (Å²) in [7, 11) is -2.98. The zero-order valence-electron chi connectivity index (χ0n) is 14.3. The average molecular weight is 387 g/mol. The molecule has 0 aromatic heterocycles. The van der Waals surface area contributed by atoms with Gasteiger partial charge in [-0.05, 0) is 30.4 Å². The Morgan fingerprint density at radius 1 is 1.28 bits per heavy atom. The highest BCUT2D eigenvalue weighted by atomic mass is 35.5. The molecule has 2 amide bonds. The third-order valence-electron chi connectivity index (χ3n) is 4.25. The second-order valence-electron chi connectivity index (χ2n) is 6.69. The predicted octanol–water partition coefficient (Wildman–Crippen LogP) is 1.65. The molecule has 1 aromatic carbocycles. The van der Waals surface area contributed by atoms with Gasteiger partial charge in [0, 0.05) is 6.54 Å². The number of amides is 2. The highest BCUT2D eigenvalue weighted by molar-refractivity contribution is 7.91. The Balaban J connectivity index is 1.96. The van der Waals surface area contributed by atoms with Crippen LogP contribution in [0.25, 0.3) is 0 Å². The molecule has 2 atom stereocenters. The van der Waals surface area contributed by atoms with Crippen LogP contribution in [0.1, 0.15) is 30.6 Å². The van der Waals surface area contributed by atoms with E-state index < -0.39 is 21.8 Å². The van der Waals surface area contributed by atoms with Crippen LogP contribution in [-0.4, -0.2) is 44.3 Å². The Labute approximate surface area is 153 Å². The first kappa shape index (κ1) is 19.7. The molecule has 2 N–H and O–H groups in total. The molecule has 1 aliphatic rings. The number of halogens is 1. The summed E-state index contributed by atoms with van der Waals surface area (Å²) in [6.45, 7) is 3.96. The summed E-state index contributed by atoms with van der Waals surface area (Å²) in [6, 6.07) is 5.91. The summed E-state index contributed by atoms with van der Waals surface area (Å²) < 4.78 is 23.0. The molecule has 2 rings (SSSR count). The zero-order chi connectivity index (χ0) is 18.6. The second kappa shape index (κ2) is 8.19. The lowest BCUT2D eigenvalue weighted by Gasteiger charge is -2.22. The normalized spacial score (nSPS) is 20.2. The van der Waals surface area contributed by atoms with Gasteiger partial charge in [-0.1, -0.05) is 37.6 Å². The summed E-state index contributed by atoms with van der Waals surface area (Å²) in [5.74, 6) is -0.655. The molecule has 138 valence electrons. The highest BCUT2D eigenvalue weighted by Crippen LogP contribution is 2.18. The Hall–Kier alpha value is -1.60. The fraction of sp³-hybridized carbons (Fsp3) is 0.529. The van der Waals surface area contributed by atoms with Crippen LogP contribution in [0.3, 0.4) is 0 Å². The van der Waals surface area contributed by atoms with Gasteiger partial charge in [0.05, 0.1) is 22.1 Å². The molecule has 1 saturated heterocycles. The minimum atomic E-state index is -2.98. The summed E-state index contributed by atoms with van der Waals surface area (Å²) in [4.78, 5) is 24.8. The van der Waals surface area contributed by atoms with Crippen LogP contribution >= 0.6 is 11.6 Å². The Morgan fingerprint density at radius 2 is 1.96 bits per heavy atom. The third-order valence-corrected chi connectivity index (χ3v) is 6.41. The van der Waals surface area contributed by atoms with Gasteiger partial charge in [0.15, 0.2) is 9.84 Å². The van der Waals surface area contributed by atoms with Gasteiger partial charge in [0.2, 0.25) is 5.91 Å². The molecule has 25 heavy (non-hydrogen) atoms. The van der Waals surface area contributed by atoms with Crippen molar-refractivity contribution in [3.8, 4) is 0 Å². The molecule has 0 aliphatic carbocycles. The number of carbonyl (C=O) groups excluding carboxylic acids is 2. The second-order valence-corrected chi connectivity index (χ2v) is 9.33. The molecule has 0 bridgehead atoms. The fourth-order valence-corrected chi connectivity index (χ4v) is 4.87. The number of hydrogen-bond donors (Lipinski definition) is 2. The third kappa shape index (κ3) is 5.44. The largest absolute Gasteiger partial charge is 0.354 e. The van der Waals surface area contributed by atoms with Crippen molar-refractivity contribution >= 4 is 33.3 Å². The van der Waals surface area contributed by atoms with E-state index in [1.54, 1.807) is 24.3 Å². The van der Waals surface area contributed by atoms with E-state index in [0.29, 0.717) is 23.6 Å². The molecule has 2 unspecified atom stereocenters. The maximum absolute atomic E-state index is 12.4. The summed E-state index contributed by atoms with van der Waals surface area (Å²) in [5.41, 5.74) is 0.310. The smallest absolute Gasteiger partial charge is 0.253 e. The quantitative estimate of drug-likeness (QED) is 0.777. The SMILES string of the molecule is CC(C)C(NC(=O)c1ccccc1Cl)C(=O)NCC1CCS(=O)(=O)C1. The van der Waals surface area contributed by atoms with Crippen molar-refractivity contribution in [2.75, 3.05) is 18.1 Å². The van der Waals surface area contributed by atoms with Crippen molar-refractivity contribution in [2.45, 2.75) is 26.3 Å². The number of benzene rings is 1. The van der Waals surface area contributed by atoms with Crippen LogP contribution in [0.4, 0.5) is 0 Å². The minimum absolute atomic E-state index is 0.0685. The van der Waals surface area contributed by atoms with E-state index in [1.165, 1.54) is 0 Å². The maximum atomic E-state index is 12.4. The van der Waals surface area contributed by atoms with Crippen LogP contribution in [0.15, 0.2) is 24.3 Å². The molecular weight excluding hydrogens is 364 g/mol. The number of carbonyl (C=O) groups is 2. The lowest BCUT2D eigenvalue weighted by molar-refractivity contribution is -0.124. The number of sulfone groups is 1. The van der Waals surface area contributed by atoms with Crippen molar-refractivity contribution < 1.29 is 18.0 Å². The molecule has 6 nitrogen and oxygen atoms in total. The zero-order valence-corrected chi connectivity index (χ0v) is 15.9. The first-order chi connectivity index (χ1) is 11.7. The lowest BCUT2D eigenvalue weighted by atomic mass is 10.0. The van der Waals surface area contributed by atoms with Crippen molar-refractivity contribution in [1.82, 2.24) is 10.6 Å². The molecule has 0 spiro atoms. The van der Waals surface area contributed by atoms with E-state index in [2.05, 4.69) is 10.6 Å². The van der Waals surface area contributed by atoms with Gasteiger partial charge < -0.3 is 10.6 Å². The van der Waals surface area contributed by atoms with E-state index in [4.69, 9.17) is 11.6 Å². The molecular formula is C17H23ClN2O4S. The average Bonchev–Trinajstić information content (AvgIpc) is 2.89. The highest BCUT2D eigenvalue weighted by Gasteiger charge is 2.30. The lowest BCUT2D eigenvalue weighted by Crippen LogP contribution is -2.50. The van der Waals surface area contributed by atoms with Crippen LogP contribution in [0, 0.1) is 11.8 Å².